The first kappa shape index (κ1) is 21.7. The van der Waals surface area contributed by atoms with Gasteiger partial charge in [0.15, 0.2) is 0 Å². The minimum atomic E-state index is -4.79. The van der Waals surface area contributed by atoms with E-state index in [9.17, 15) is 22.0 Å². The van der Waals surface area contributed by atoms with Crippen LogP contribution in [-0.2, 0) is 6.42 Å². The molecule has 144 valence electrons. The van der Waals surface area contributed by atoms with Crippen molar-refractivity contribution in [3.8, 4) is 11.5 Å². The molecule has 0 bridgehead atoms. The highest BCUT2D eigenvalue weighted by molar-refractivity contribution is 5.31. The maximum absolute atomic E-state index is 12.9. The summed E-state index contributed by atoms with van der Waals surface area (Å²) in [5, 5.41) is 8.98. The molecule has 7 heteroatoms. The molecule has 1 N–H and O–H groups in total. The standard InChI is InChI=1S/C10H10F4O.C9H11FO/c1-6(2)7-3-8(11)5-9(4-7)15-10(12,13)14;1-2-3-7-4-8(10)6-9(11)5-7/h3-6H,1-2H3;4-6,11H,2-3H2,1H3. The summed E-state index contributed by atoms with van der Waals surface area (Å²) >= 11 is 0. The summed E-state index contributed by atoms with van der Waals surface area (Å²) in [5.41, 5.74) is 1.32. The first-order valence-corrected chi connectivity index (χ1v) is 8.04. The summed E-state index contributed by atoms with van der Waals surface area (Å²) in [7, 11) is 0. The van der Waals surface area contributed by atoms with E-state index in [1.165, 1.54) is 18.2 Å². The topological polar surface area (TPSA) is 29.5 Å². The van der Waals surface area contributed by atoms with Crippen molar-refractivity contribution in [2.24, 2.45) is 0 Å². The fraction of sp³-hybridized carbons (Fsp3) is 0.368. The van der Waals surface area contributed by atoms with Crippen molar-refractivity contribution < 1.29 is 31.8 Å². The fourth-order valence-corrected chi connectivity index (χ4v) is 2.18. The Hall–Kier alpha value is -2.31. The lowest BCUT2D eigenvalue weighted by Crippen LogP contribution is -2.17. The van der Waals surface area contributed by atoms with Gasteiger partial charge in [0, 0.05) is 12.1 Å². The lowest BCUT2D eigenvalue weighted by Gasteiger charge is -2.11. The third kappa shape index (κ3) is 8.18. The molecule has 2 aromatic carbocycles. The van der Waals surface area contributed by atoms with Gasteiger partial charge in [-0.3, -0.25) is 0 Å². The van der Waals surface area contributed by atoms with Crippen LogP contribution in [0.4, 0.5) is 22.0 Å². The molecular weight excluding hydrogens is 355 g/mol. The minimum absolute atomic E-state index is 0.00782. The largest absolute Gasteiger partial charge is 0.573 e. The van der Waals surface area contributed by atoms with E-state index in [0.29, 0.717) is 11.6 Å². The zero-order valence-corrected chi connectivity index (χ0v) is 14.7. The van der Waals surface area contributed by atoms with Gasteiger partial charge >= 0.3 is 6.36 Å². The van der Waals surface area contributed by atoms with Crippen molar-refractivity contribution >= 4 is 0 Å². The number of halogens is 5. The quantitative estimate of drug-likeness (QED) is 0.632. The van der Waals surface area contributed by atoms with E-state index in [1.807, 2.05) is 6.92 Å². The average Bonchev–Trinajstić information content (AvgIpc) is 2.44. The molecule has 0 spiro atoms. The van der Waals surface area contributed by atoms with Crippen LogP contribution in [0.15, 0.2) is 36.4 Å². The molecule has 0 atom stereocenters. The average molecular weight is 376 g/mol. The van der Waals surface area contributed by atoms with Crippen molar-refractivity contribution in [2.75, 3.05) is 0 Å². The molecule has 2 rings (SSSR count). The van der Waals surface area contributed by atoms with Gasteiger partial charge < -0.3 is 9.84 Å². The summed E-state index contributed by atoms with van der Waals surface area (Å²) in [6.07, 6.45) is -3.02. The second kappa shape index (κ2) is 9.40. The zero-order valence-electron chi connectivity index (χ0n) is 14.7. The van der Waals surface area contributed by atoms with E-state index in [0.717, 1.165) is 24.5 Å². The van der Waals surface area contributed by atoms with Gasteiger partial charge in [-0.2, -0.15) is 0 Å². The van der Waals surface area contributed by atoms with E-state index in [-0.39, 0.29) is 17.5 Å². The van der Waals surface area contributed by atoms with E-state index in [1.54, 1.807) is 19.9 Å². The first-order valence-electron chi connectivity index (χ1n) is 8.04. The van der Waals surface area contributed by atoms with Crippen LogP contribution in [0.1, 0.15) is 44.2 Å². The Morgan fingerprint density at radius 2 is 1.58 bits per heavy atom. The highest BCUT2D eigenvalue weighted by atomic mass is 19.4. The van der Waals surface area contributed by atoms with Gasteiger partial charge in [-0.05, 0) is 47.7 Å². The van der Waals surface area contributed by atoms with Crippen LogP contribution in [-0.4, -0.2) is 11.5 Å². The lowest BCUT2D eigenvalue weighted by atomic mass is 10.0. The van der Waals surface area contributed by atoms with Gasteiger partial charge in [0.25, 0.3) is 0 Å². The summed E-state index contributed by atoms with van der Waals surface area (Å²) in [5.74, 6) is -1.68. The Labute approximate surface area is 149 Å². The molecule has 0 aromatic heterocycles. The molecule has 0 radical (unpaired) electrons. The second-order valence-electron chi connectivity index (χ2n) is 5.99. The smallest absolute Gasteiger partial charge is 0.508 e. The lowest BCUT2D eigenvalue weighted by molar-refractivity contribution is -0.274. The molecule has 0 aliphatic heterocycles. The Bertz CT molecular complexity index is 691. The van der Waals surface area contributed by atoms with Crippen LogP contribution in [0.2, 0.25) is 0 Å². The van der Waals surface area contributed by atoms with Gasteiger partial charge in [0.2, 0.25) is 0 Å². The number of benzene rings is 2. The van der Waals surface area contributed by atoms with Gasteiger partial charge in [0.1, 0.15) is 23.1 Å². The predicted molar refractivity (Wildman–Crippen MR) is 89.2 cm³/mol. The van der Waals surface area contributed by atoms with Crippen LogP contribution in [0.25, 0.3) is 0 Å². The molecule has 2 aromatic rings. The highest BCUT2D eigenvalue weighted by Gasteiger charge is 2.31. The number of phenolic OH excluding ortho intramolecular Hbond substituents is 1. The zero-order chi connectivity index (χ0) is 19.9. The molecule has 0 amide bonds. The molecule has 2 nitrogen and oxygen atoms in total. The number of hydrogen-bond donors (Lipinski definition) is 1. The second-order valence-corrected chi connectivity index (χ2v) is 5.99. The molecular formula is C19H21F5O2. The van der Waals surface area contributed by atoms with Gasteiger partial charge in [0.05, 0.1) is 0 Å². The number of ether oxygens (including phenoxy) is 1. The molecule has 0 saturated carbocycles. The first-order chi connectivity index (χ1) is 12.0. The molecule has 0 heterocycles. The van der Waals surface area contributed by atoms with Crippen molar-refractivity contribution in [1.82, 2.24) is 0 Å². The molecule has 0 unspecified atom stereocenters. The Morgan fingerprint density at radius 3 is 2.08 bits per heavy atom. The van der Waals surface area contributed by atoms with E-state index < -0.39 is 17.9 Å². The van der Waals surface area contributed by atoms with E-state index in [4.69, 9.17) is 5.11 Å². The van der Waals surface area contributed by atoms with Crippen molar-refractivity contribution in [2.45, 2.75) is 45.9 Å². The summed E-state index contributed by atoms with van der Waals surface area (Å²) in [6.45, 7) is 5.53. The SMILES string of the molecule is CC(C)c1cc(F)cc(OC(F)(F)F)c1.CCCc1cc(O)cc(F)c1. The maximum atomic E-state index is 12.9. The number of alkyl halides is 3. The van der Waals surface area contributed by atoms with E-state index in [2.05, 4.69) is 4.74 Å². The number of rotatable bonds is 4. The van der Waals surface area contributed by atoms with Gasteiger partial charge in [-0.1, -0.05) is 27.2 Å². The Balaban J connectivity index is 0.000000273. The number of aromatic hydroxyl groups is 1. The van der Waals surface area contributed by atoms with Crippen LogP contribution in [0.3, 0.4) is 0 Å². The maximum Gasteiger partial charge on any atom is 0.573 e. The molecule has 0 fully saturated rings. The van der Waals surface area contributed by atoms with Crippen molar-refractivity contribution in [3.63, 3.8) is 0 Å². The minimum Gasteiger partial charge on any atom is -0.508 e. The molecule has 26 heavy (non-hydrogen) atoms. The van der Waals surface area contributed by atoms with Crippen LogP contribution in [0, 0.1) is 11.6 Å². The van der Waals surface area contributed by atoms with Crippen LogP contribution >= 0.6 is 0 Å². The monoisotopic (exact) mass is 376 g/mol. The van der Waals surface area contributed by atoms with Crippen LogP contribution in [0.5, 0.6) is 11.5 Å². The number of phenols is 1. The Morgan fingerprint density at radius 1 is 0.962 bits per heavy atom. The Kier molecular flexibility index (Phi) is 7.86. The third-order valence-corrected chi connectivity index (χ3v) is 3.27. The fourth-order valence-electron chi connectivity index (χ4n) is 2.18. The summed E-state index contributed by atoms with van der Waals surface area (Å²) in [4.78, 5) is 0. The van der Waals surface area contributed by atoms with Crippen molar-refractivity contribution in [3.05, 3.63) is 59.2 Å². The number of hydrogen-bond acceptors (Lipinski definition) is 2. The molecule has 0 aliphatic rings. The predicted octanol–water partition coefficient (Wildman–Crippen LogP) is 6.33. The van der Waals surface area contributed by atoms with Crippen molar-refractivity contribution in [1.29, 1.82) is 0 Å². The van der Waals surface area contributed by atoms with Gasteiger partial charge in [-0.25, -0.2) is 8.78 Å². The molecule has 0 aliphatic carbocycles. The molecule has 0 saturated heterocycles. The summed E-state index contributed by atoms with van der Waals surface area (Å²) in [6, 6.07) is 7.23. The normalized spacial score (nSPS) is 11.1. The van der Waals surface area contributed by atoms with E-state index >= 15 is 0 Å². The summed E-state index contributed by atoms with van der Waals surface area (Å²) < 4.78 is 64.7. The number of aryl methyl sites for hydroxylation is 1. The van der Waals surface area contributed by atoms with Crippen LogP contribution < -0.4 is 4.74 Å². The third-order valence-electron chi connectivity index (χ3n) is 3.27. The van der Waals surface area contributed by atoms with Gasteiger partial charge in [-0.15, -0.1) is 13.2 Å². The highest BCUT2D eigenvalue weighted by Crippen LogP contribution is 2.27.